The third-order valence-corrected chi connectivity index (χ3v) is 7.17. The van der Waals surface area contributed by atoms with Gasteiger partial charge in [-0.3, -0.25) is 14.4 Å². The van der Waals surface area contributed by atoms with Crippen LogP contribution in [0.2, 0.25) is 0 Å². The van der Waals surface area contributed by atoms with Crippen molar-refractivity contribution in [2.24, 2.45) is 0 Å². The Labute approximate surface area is 271 Å². The number of carbonyl (C=O) groups excluding carboxylic acids is 3. The van der Waals surface area contributed by atoms with Crippen molar-refractivity contribution in [3.8, 4) is 40.1 Å². The van der Waals surface area contributed by atoms with Gasteiger partial charge in [-0.25, -0.2) is 4.79 Å². The first-order valence-electron chi connectivity index (χ1n) is 14.5. The van der Waals surface area contributed by atoms with Crippen LogP contribution < -0.4 is 10.2 Å². The molecule has 3 aromatic carbocycles. The minimum Gasteiger partial charge on any atom is -0.508 e. The molecule has 0 spiro atoms. The smallest absolute Gasteiger partial charge is 0.331 e. The van der Waals surface area contributed by atoms with Crippen LogP contribution in [-0.2, 0) is 33.3 Å². The first kappa shape index (κ1) is 33.3. The number of aromatic hydroxyl groups is 4. The van der Waals surface area contributed by atoms with Crippen LogP contribution in [0.4, 0.5) is 0 Å². The van der Waals surface area contributed by atoms with Gasteiger partial charge in [-0.2, -0.15) is 0 Å². The highest BCUT2D eigenvalue weighted by atomic mass is 16.7. The molecule has 5 atom stereocenters. The van der Waals surface area contributed by atoms with Gasteiger partial charge in [0, 0.05) is 37.6 Å². The first-order valence-corrected chi connectivity index (χ1v) is 14.5. The molecule has 14 heteroatoms. The molecule has 0 amide bonds. The van der Waals surface area contributed by atoms with Gasteiger partial charge >= 0.3 is 17.9 Å². The van der Waals surface area contributed by atoms with E-state index in [9.17, 15) is 39.6 Å². The second kappa shape index (κ2) is 13.8. The number of phenols is 4. The van der Waals surface area contributed by atoms with E-state index >= 15 is 0 Å². The van der Waals surface area contributed by atoms with Crippen LogP contribution >= 0.6 is 0 Å². The highest BCUT2D eigenvalue weighted by Crippen LogP contribution is 2.38. The highest BCUT2D eigenvalue weighted by Gasteiger charge is 2.52. The summed E-state index contributed by atoms with van der Waals surface area (Å²) >= 11 is 0. The van der Waals surface area contributed by atoms with Gasteiger partial charge < -0.3 is 48.5 Å². The Morgan fingerprint density at radius 3 is 2.00 bits per heavy atom. The van der Waals surface area contributed by atoms with E-state index in [0.717, 1.165) is 32.1 Å². The Kier molecular flexibility index (Phi) is 9.56. The molecule has 4 N–H and O–H groups in total. The van der Waals surface area contributed by atoms with E-state index in [1.165, 1.54) is 49.4 Å². The molecule has 5 rings (SSSR count). The molecular formula is C34H30O14. The zero-order valence-corrected chi connectivity index (χ0v) is 25.7. The quantitative estimate of drug-likeness (QED) is 0.120. The number of hydrogen-bond acceptors (Lipinski definition) is 14. The van der Waals surface area contributed by atoms with Crippen LogP contribution in [0.1, 0.15) is 26.3 Å². The third kappa shape index (κ3) is 7.34. The van der Waals surface area contributed by atoms with Crippen molar-refractivity contribution >= 4 is 35.0 Å². The lowest BCUT2D eigenvalue weighted by molar-refractivity contribution is -0.280. The normalized spacial score (nSPS) is 20.7. The van der Waals surface area contributed by atoms with Gasteiger partial charge in [0.25, 0.3) is 0 Å². The lowest BCUT2D eigenvalue weighted by Gasteiger charge is -2.43. The van der Waals surface area contributed by atoms with E-state index in [1.54, 1.807) is 12.1 Å². The second-order valence-electron chi connectivity index (χ2n) is 10.8. The number of benzene rings is 3. The second-order valence-corrected chi connectivity index (χ2v) is 10.8. The van der Waals surface area contributed by atoms with E-state index in [4.69, 9.17) is 28.1 Å². The molecule has 1 fully saturated rings. The van der Waals surface area contributed by atoms with Gasteiger partial charge in [-0.15, -0.1) is 0 Å². The van der Waals surface area contributed by atoms with Gasteiger partial charge in [0.05, 0.1) is 6.10 Å². The van der Waals surface area contributed by atoms with Crippen molar-refractivity contribution in [3.63, 3.8) is 0 Å². The average molecular weight is 663 g/mol. The van der Waals surface area contributed by atoms with Crippen molar-refractivity contribution in [2.45, 2.75) is 51.5 Å². The molecule has 2 heterocycles. The van der Waals surface area contributed by atoms with Crippen molar-refractivity contribution in [2.75, 3.05) is 0 Å². The molecule has 1 saturated heterocycles. The number of phenolic OH excluding ortho intramolecular Hbond substituents is 4. The molecule has 250 valence electrons. The fourth-order valence-electron chi connectivity index (χ4n) is 5.09. The molecule has 1 aliphatic rings. The number of esters is 3. The average Bonchev–Trinajstić information content (AvgIpc) is 3.01. The monoisotopic (exact) mass is 662 g/mol. The minimum atomic E-state index is -1.67. The lowest BCUT2D eigenvalue weighted by atomic mass is 9.98. The first-order chi connectivity index (χ1) is 22.8. The van der Waals surface area contributed by atoms with Crippen LogP contribution in [0.15, 0.2) is 76.0 Å². The fourth-order valence-corrected chi connectivity index (χ4v) is 5.09. The van der Waals surface area contributed by atoms with Crippen LogP contribution in [0.5, 0.6) is 28.7 Å². The Balaban J connectivity index is 1.55. The lowest BCUT2D eigenvalue weighted by Crippen LogP contribution is -2.62. The maximum absolute atomic E-state index is 13.9. The fraction of sp³-hybridized carbons (Fsp3) is 0.235. The Hall–Kier alpha value is -6.02. The summed E-state index contributed by atoms with van der Waals surface area (Å²) in [4.78, 5) is 51.3. The van der Waals surface area contributed by atoms with E-state index in [2.05, 4.69) is 0 Å². The zero-order chi connectivity index (χ0) is 34.7. The van der Waals surface area contributed by atoms with Crippen molar-refractivity contribution in [3.05, 3.63) is 82.5 Å². The van der Waals surface area contributed by atoms with Crippen LogP contribution in [0, 0.1) is 0 Å². The summed E-state index contributed by atoms with van der Waals surface area (Å²) in [5.41, 5.74) is -0.319. The van der Waals surface area contributed by atoms with Gasteiger partial charge in [0.1, 0.15) is 34.0 Å². The molecule has 0 unspecified atom stereocenters. The van der Waals surface area contributed by atoms with Crippen LogP contribution in [-0.4, -0.2) is 69.0 Å². The molecular weight excluding hydrogens is 632 g/mol. The molecule has 1 aromatic heterocycles. The largest absolute Gasteiger partial charge is 0.508 e. The maximum Gasteiger partial charge on any atom is 0.331 e. The number of fused-ring (bicyclic) bond motifs is 1. The Morgan fingerprint density at radius 2 is 1.38 bits per heavy atom. The SMILES string of the molecule is CC(=O)O[C@@H]1[C@@H](OC(=O)C=Cc2ccc(O)cc2)[C@H](C)O[C@@H](Oc2c(-c3ccc(O)cc3)oc3cc(O)cc(O)c3c2=O)[C@@H]1OC(C)=O. The Bertz CT molecular complexity index is 1930. The molecule has 0 bridgehead atoms. The Morgan fingerprint density at radius 1 is 0.771 bits per heavy atom. The maximum atomic E-state index is 13.9. The molecule has 0 radical (unpaired) electrons. The summed E-state index contributed by atoms with van der Waals surface area (Å²) in [7, 11) is 0. The predicted molar refractivity (Wildman–Crippen MR) is 166 cm³/mol. The minimum absolute atomic E-state index is 0.0353. The summed E-state index contributed by atoms with van der Waals surface area (Å²) in [6.07, 6.45) is -4.70. The van der Waals surface area contributed by atoms with Crippen molar-refractivity contribution < 1.29 is 62.9 Å². The van der Waals surface area contributed by atoms with E-state index in [-0.39, 0.29) is 33.8 Å². The van der Waals surface area contributed by atoms with Gasteiger partial charge in [0.15, 0.2) is 18.0 Å². The molecule has 14 nitrogen and oxygen atoms in total. The van der Waals surface area contributed by atoms with Gasteiger partial charge in [-0.1, -0.05) is 12.1 Å². The molecule has 0 saturated carbocycles. The summed E-state index contributed by atoms with van der Waals surface area (Å²) < 4.78 is 34.5. The van der Waals surface area contributed by atoms with Crippen LogP contribution in [0.25, 0.3) is 28.4 Å². The number of ether oxygens (including phenoxy) is 5. The van der Waals surface area contributed by atoms with E-state index in [1.807, 2.05) is 0 Å². The number of hydrogen-bond donors (Lipinski definition) is 4. The number of carbonyl (C=O) groups is 3. The van der Waals surface area contributed by atoms with Crippen molar-refractivity contribution in [1.29, 1.82) is 0 Å². The third-order valence-electron chi connectivity index (χ3n) is 7.17. The molecule has 4 aromatic rings. The molecule has 0 aliphatic carbocycles. The highest BCUT2D eigenvalue weighted by molar-refractivity contribution is 5.88. The molecule has 1 aliphatic heterocycles. The van der Waals surface area contributed by atoms with Crippen LogP contribution in [0.3, 0.4) is 0 Å². The predicted octanol–water partition coefficient (Wildman–Crippen LogP) is 3.89. The van der Waals surface area contributed by atoms with E-state index in [0.29, 0.717) is 5.56 Å². The van der Waals surface area contributed by atoms with Gasteiger partial charge in [-0.05, 0) is 55.0 Å². The zero-order valence-electron chi connectivity index (χ0n) is 25.7. The topological polar surface area (TPSA) is 208 Å². The summed E-state index contributed by atoms with van der Waals surface area (Å²) in [6.45, 7) is 3.62. The van der Waals surface area contributed by atoms with Gasteiger partial charge in [0.2, 0.25) is 23.6 Å². The summed E-state index contributed by atoms with van der Waals surface area (Å²) in [5.74, 6) is -4.38. The summed E-state index contributed by atoms with van der Waals surface area (Å²) in [5, 5.41) is 39.5. The number of rotatable bonds is 8. The molecule has 48 heavy (non-hydrogen) atoms. The van der Waals surface area contributed by atoms with Crippen molar-refractivity contribution in [1.82, 2.24) is 0 Å². The summed E-state index contributed by atoms with van der Waals surface area (Å²) in [6, 6.07) is 13.5. The standard InChI is InChI=1S/C34H30O14/c1-16-29(47-26(41)13-6-19-4-9-21(37)10-5-19)32(44-17(2)35)33(45-18(3)36)34(43-16)48-31-28(42)27-24(40)14-23(39)15-25(27)46-30(31)20-7-11-22(38)12-8-20/h4-16,29,32-34,37-40H,1-3H3/t16-,29-,32+,33+,34-/m0/s1. The van der Waals surface area contributed by atoms with E-state index < -0.39 is 71.3 Å².